The summed E-state index contributed by atoms with van der Waals surface area (Å²) >= 11 is 0. The third kappa shape index (κ3) is 2.80. The number of likely N-dealkylation sites (N-methyl/N-ethyl adjacent to an activating group) is 1. The van der Waals surface area contributed by atoms with Crippen molar-refractivity contribution in [1.29, 1.82) is 0 Å². The molecule has 0 aliphatic heterocycles. The Hall–Kier alpha value is -2.36. The molecule has 2 aliphatic carbocycles. The minimum absolute atomic E-state index is 0.0242. The Morgan fingerprint density at radius 2 is 2.04 bits per heavy atom. The van der Waals surface area contributed by atoms with Crippen molar-refractivity contribution < 1.29 is 9.18 Å². The Labute approximate surface area is 147 Å². The van der Waals surface area contributed by atoms with Gasteiger partial charge in [0.2, 0.25) is 0 Å². The van der Waals surface area contributed by atoms with Gasteiger partial charge in [0.1, 0.15) is 11.4 Å². The summed E-state index contributed by atoms with van der Waals surface area (Å²) in [6.07, 6.45) is 3.95. The number of carbonyl (C=O) groups is 1. The molecule has 0 radical (unpaired) electrons. The first-order valence-corrected chi connectivity index (χ1v) is 8.97. The van der Waals surface area contributed by atoms with E-state index in [1.165, 1.54) is 30.5 Å². The molecular weight excluding hydrogens is 315 g/mol. The van der Waals surface area contributed by atoms with E-state index < -0.39 is 5.54 Å². The maximum absolute atomic E-state index is 13.8. The third-order valence-electron chi connectivity index (χ3n) is 5.61. The monoisotopic (exact) mass is 338 g/mol. The summed E-state index contributed by atoms with van der Waals surface area (Å²) in [5, 5.41) is 3.16. The lowest BCUT2D eigenvalue weighted by Crippen LogP contribution is -2.54. The number of halogens is 1. The van der Waals surface area contributed by atoms with E-state index in [0.717, 1.165) is 24.2 Å². The van der Waals surface area contributed by atoms with Gasteiger partial charge in [0.25, 0.3) is 5.91 Å². The van der Waals surface area contributed by atoms with Gasteiger partial charge in [-0.15, -0.1) is 0 Å². The summed E-state index contributed by atoms with van der Waals surface area (Å²) in [6.45, 7) is 0.736. The van der Waals surface area contributed by atoms with E-state index in [1.54, 1.807) is 6.07 Å². The van der Waals surface area contributed by atoms with Crippen LogP contribution in [0.5, 0.6) is 0 Å². The molecule has 1 fully saturated rings. The fraction of sp³-hybridized carbons (Fsp3) is 0.381. The third-order valence-corrected chi connectivity index (χ3v) is 5.61. The van der Waals surface area contributed by atoms with E-state index in [2.05, 4.69) is 11.4 Å². The number of anilines is 1. The van der Waals surface area contributed by atoms with Crippen molar-refractivity contribution in [2.45, 2.75) is 31.2 Å². The highest BCUT2D eigenvalue weighted by Crippen LogP contribution is 2.43. The van der Waals surface area contributed by atoms with Gasteiger partial charge < -0.3 is 10.2 Å². The molecule has 0 bridgehead atoms. The highest BCUT2D eigenvalue weighted by molar-refractivity contribution is 5.92. The molecule has 1 N–H and O–H groups in total. The van der Waals surface area contributed by atoms with Crippen LogP contribution in [0.4, 0.5) is 10.1 Å². The van der Waals surface area contributed by atoms with E-state index >= 15 is 0 Å². The van der Waals surface area contributed by atoms with Gasteiger partial charge in [0, 0.05) is 19.3 Å². The maximum atomic E-state index is 13.8. The van der Waals surface area contributed by atoms with Crippen LogP contribution in [-0.2, 0) is 16.8 Å². The lowest BCUT2D eigenvalue weighted by molar-refractivity contribution is -0.126. The second-order valence-corrected chi connectivity index (χ2v) is 7.21. The quantitative estimate of drug-likeness (QED) is 0.903. The van der Waals surface area contributed by atoms with Crippen LogP contribution in [0.1, 0.15) is 30.4 Å². The smallest absolute Gasteiger partial charge is 0.250 e. The van der Waals surface area contributed by atoms with Crippen molar-refractivity contribution in [3.05, 3.63) is 65.5 Å². The van der Waals surface area contributed by atoms with Crippen molar-refractivity contribution in [1.82, 2.24) is 5.32 Å². The number of fused-ring (bicyclic) bond motifs is 1. The number of nitrogens with one attached hydrogen (secondary N) is 1. The van der Waals surface area contributed by atoms with Gasteiger partial charge in [-0.1, -0.05) is 30.3 Å². The van der Waals surface area contributed by atoms with E-state index in [9.17, 15) is 9.18 Å². The Kier molecular flexibility index (Phi) is 3.98. The summed E-state index contributed by atoms with van der Waals surface area (Å²) in [7, 11) is 1.90. The predicted octanol–water partition coefficient (Wildman–Crippen LogP) is 3.63. The number of hydrogen-bond acceptors (Lipinski definition) is 2. The number of carbonyl (C=O) groups excluding carboxylic acids is 1. The molecule has 2 aromatic carbocycles. The molecule has 3 nitrogen and oxygen atoms in total. The van der Waals surface area contributed by atoms with E-state index in [0.29, 0.717) is 12.3 Å². The van der Waals surface area contributed by atoms with Crippen LogP contribution in [0.2, 0.25) is 0 Å². The molecule has 130 valence electrons. The topological polar surface area (TPSA) is 32.3 Å². The first-order valence-electron chi connectivity index (χ1n) is 8.97. The van der Waals surface area contributed by atoms with E-state index in [-0.39, 0.29) is 11.7 Å². The number of nitrogens with zero attached hydrogens (tertiary/aromatic N) is 1. The van der Waals surface area contributed by atoms with Crippen LogP contribution >= 0.6 is 0 Å². The molecule has 0 heterocycles. The molecule has 25 heavy (non-hydrogen) atoms. The zero-order chi connectivity index (χ0) is 17.4. The largest absolute Gasteiger partial charge is 0.356 e. The summed E-state index contributed by atoms with van der Waals surface area (Å²) in [6, 6.07) is 14.6. The van der Waals surface area contributed by atoms with Gasteiger partial charge >= 0.3 is 0 Å². The molecule has 0 spiro atoms. The van der Waals surface area contributed by atoms with Crippen LogP contribution in [-0.4, -0.2) is 19.5 Å². The summed E-state index contributed by atoms with van der Waals surface area (Å²) in [5.74, 6) is 0.359. The highest BCUT2D eigenvalue weighted by Gasteiger charge is 2.49. The van der Waals surface area contributed by atoms with Gasteiger partial charge in [-0.3, -0.25) is 4.79 Å². The maximum Gasteiger partial charge on any atom is 0.250 e. The summed E-state index contributed by atoms with van der Waals surface area (Å²) in [4.78, 5) is 15.3. The molecule has 2 aromatic rings. The second-order valence-electron chi connectivity index (χ2n) is 7.21. The van der Waals surface area contributed by atoms with Crippen LogP contribution in [0.25, 0.3) is 0 Å². The van der Waals surface area contributed by atoms with Gasteiger partial charge in [0.05, 0.1) is 0 Å². The van der Waals surface area contributed by atoms with Crippen molar-refractivity contribution in [2.24, 2.45) is 5.92 Å². The standard InChI is InChI=1S/C21H23FN2O/c1-24(18-7-4-6-17(22)13-18)21(20(25)23-14-15-9-10-15)12-11-16-5-2-3-8-19(16)21/h2-8,13,15H,9-12,14H2,1H3,(H,23,25). The van der Waals surface area contributed by atoms with Crippen LogP contribution in [0.3, 0.4) is 0 Å². The average Bonchev–Trinajstić information content (AvgIpc) is 3.38. The van der Waals surface area contributed by atoms with Gasteiger partial charge in [-0.2, -0.15) is 0 Å². The summed E-state index contributed by atoms with van der Waals surface area (Å²) in [5.41, 5.74) is 2.18. The zero-order valence-electron chi connectivity index (χ0n) is 14.5. The molecule has 0 saturated heterocycles. The minimum atomic E-state index is -0.778. The molecule has 1 unspecified atom stereocenters. The lowest BCUT2D eigenvalue weighted by Gasteiger charge is -2.40. The Morgan fingerprint density at radius 1 is 1.24 bits per heavy atom. The van der Waals surface area contributed by atoms with E-state index in [4.69, 9.17) is 0 Å². The first-order chi connectivity index (χ1) is 12.1. The fourth-order valence-corrected chi connectivity index (χ4v) is 3.94. The molecule has 2 aliphatic rings. The van der Waals surface area contributed by atoms with Gasteiger partial charge in [0.15, 0.2) is 0 Å². The van der Waals surface area contributed by atoms with Crippen molar-refractivity contribution in [2.75, 3.05) is 18.5 Å². The molecule has 1 saturated carbocycles. The predicted molar refractivity (Wildman–Crippen MR) is 97.0 cm³/mol. The van der Waals surface area contributed by atoms with Gasteiger partial charge in [-0.25, -0.2) is 4.39 Å². The molecule has 1 atom stereocenters. The lowest BCUT2D eigenvalue weighted by atomic mass is 9.88. The van der Waals surface area contributed by atoms with Crippen molar-refractivity contribution in [3.63, 3.8) is 0 Å². The number of aryl methyl sites for hydroxylation is 1. The van der Waals surface area contributed by atoms with Crippen LogP contribution < -0.4 is 10.2 Å². The SMILES string of the molecule is CN(c1cccc(F)c1)C1(C(=O)NCC2CC2)CCc2ccccc21. The number of amides is 1. The average molecular weight is 338 g/mol. The van der Waals surface area contributed by atoms with Crippen LogP contribution in [0, 0.1) is 11.7 Å². The van der Waals surface area contributed by atoms with Gasteiger partial charge in [-0.05, 0) is 60.9 Å². The van der Waals surface area contributed by atoms with E-state index in [1.807, 2.05) is 36.2 Å². The number of rotatable bonds is 5. The normalized spacial score (nSPS) is 21.7. The van der Waals surface area contributed by atoms with Crippen molar-refractivity contribution >= 4 is 11.6 Å². The fourth-order valence-electron chi connectivity index (χ4n) is 3.94. The Balaban J connectivity index is 1.75. The molecule has 4 heteroatoms. The number of hydrogen-bond donors (Lipinski definition) is 1. The Morgan fingerprint density at radius 3 is 2.80 bits per heavy atom. The molecule has 0 aromatic heterocycles. The first kappa shape index (κ1) is 16.1. The summed E-state index contributed by atoms with van der Waals surface area (Å²) < 4.78 is 13.8. The highest BCUT2D eigenvalue weighted by atomic mass is 19.1. The minimum Gasteiger partial charge on any atom is -0.356 e. The molecule has 4 rings (SSSR count). The molecular formula is C21H23FN2O. The number of benzene rings is 2. The van der Waals surface area contributed by atoms with Crippen LogP contribution in [0.15, 0.2) is 48.5 Å². The Bertz CT molecular complexity index is 802. The zero-order valence-corrected chi connectivity index (χ0v) is 14.5. The second kappa shape index (κ2) is 6.17. The van der Waals surface area contributed by atoms with Crippen molar-refractivity contribution in [3.8, 4) is 0 Å². The molecule has 1 amide bonds.